The third-order valence-corrected chi connectivity index (χ3v) is 15.3. The van der Waals surface area contributed by atoms with Gasteiger partial charge in [-0.3, -0.25) is 28.8 Å². The number of ether oxygens (including phenoxy) is 1. The second-order valence-electron chi connectivity index (χ2n) is 20.1. The van der Waals surface area contributed by atoms with Gasteiger partial charge in [0.2, 0.25) is 29.4 Å². The molecule has 0 aromatic rings. The number of ketones is 1. The molecule has 13 nitrogen and oxygen atoms in total. The van der Waals surface area contributed by atoms with E-state index >= 15 is 4.79 Å². The van der Waals surface area contributed by atoms with Crippen molar-refractivity contribution in [3.8, 4) is 0 Å². The first-order chi connectivity index (χ1) is 27.0. The van der Waals surface area contributed by atoms with Gasteiger partial charge in [0, 0.05) is 38.2 Å². The topological polar surface area (TPSA) is 166 Å². The van der Waals surface area contributed by atoms with Gasteiger partial charge in [-0.05, 0) is 92.9 Å². The van der Waals surface area contributed by atoms with E-state index in [-0.39, 0.29) is 51.8 Å². The van der Waals surface area contributed by atoms with E-state index in [0.29, 0.717) is 39.0 Å². The number of likely N-dealkylation sites (tertiary alicyclic amines) is 2. The Morgan fingerprint density at radius 2 is 1.54 bits per heavy atom. The lowest BCUT2D eigenvalue weighted by Crippen LogP contribution is -2.62. The molecule has 57 heavy (non-hydrogen) atoms. The van der Waals surface area contributed by atoms with Crippen LogP contribution in [-0.4, -0.2) is 115 Å². The van der Waals surface area contributed by atoms with Crippen molar-refractivity contribution < 1.29 is 33.5 Å². The Morgan fingerprint density at radius 3 is 2.12 bits per heavy atom. The Kier molecular flexibility index (Phi) is 13.2. The molecule has 4 N–H and O–H groups in total. The highest BCUT2D eigenvalue weighted by molar-refractivity contribution is 6.38. The summed E-state index contributed by atoms with van der Waals surface area (Å²) in [6.07, 6.45) is 12.6. The average molecular weight is 797 g/mol. The highest BCUT2D eigenvalue weighted by atomic mass is 16.5. The summed E-state index contributed by atoms with van der Waals surface area (Å²) < 4.78 is 5.28. The summed E-state index contributed by atoms with van der Waals surface area (Å²) in [6.45, 7) is 15.4. The number of nitrogens with zero attached hydrogens (tertiary/aromatic N) is 2. The lowest BCUT2D eigenvalue weighted by Gasteiger charge is -2.38. The Bertz CT molecular complexity index is 1530. The molecule has 6 atom stereocenters. The fraction of sp³-hybridized carbons (Fsp3) is 0.864. The van der Waals surface area contributed by atoms with E-state index < -0.39 is 47.2 Å². The van der Waals surface area contributed by atoms with E-state index in [1.165, 1.54) is 0 Å². The van der Waals surface area contributed by atoms with Crippen LogP contribution in [0.2, 0.25) is 0 Å². The average Bonchev–Trinajstić information content (AvgIpc) is 3.99. The molecule has 6 aliphatic rings. The fourth-order valence-corrected chi connectivity index (χ4v) is 11.4. The quantitative estimate of drug-likeness (QED) is 0.171. The molecule has 320 valence electrons. The zero-order valence-corrected chi connectivity index (χ0v) is 35.9. The minimum absolute atomic E-state index is 0.0114. The lowest BCUT2D eigenvalue weighted by molar-refractivity contribution is -0.145. The van der Waals surface area contributed by atoms with Gasteiger partial charge in [-0.2, -0.15) is 0 Å². The summed E-state index contributed by atoms with van der Waals surface area (Å²) in [4.78, 5) is 88.3. The van der Waals surface area contributed by atoms with E-state index in [9.17, 15) is 24.0 Å². The van der Waals surface area contributed by atoms with Crippen LogP contribution < -0.4 is 21.3 Å². The molecule has 4 aliphatic carbocycles. The van der Waals surface area contributed by atoms with Gasteiger partial charge in [-0.15, -0.1) is 0 Å². The van der Waals surface area contributed by atoms with Crippen molar-refractivity contribution in [1.82, 2.24) is 31.1 Å². The molecule has 4 saturated carbocycles. The zero-order chi connectivity index (χ0) is 41.3. The maximum atomic E-state index is 15.2. The van der Waals surface area contributed by atoms with E-state index in [2.05, 4.69) is 40.0 Å². The molecular formula is C44H72N6O7. The molecule has 13 heteroatoms. The van der Waals surface area contributed by atoms with E-state index in [1.807, 2.05) is 27.7 Å². The van der Waals surface area contributed by atoms with Gasteiger partial charge in [0.05, 0.1) is 18.6 Å². The summed E-state index contributed by atoms with van der Waals surface area (Å²) >= 11 is 0. The molecule has 0 radical (unpaired) electrons. The third kappa shape index (κ3) is 8.66. The molecule has 6 fully saturated rings. The van der Waals surface area contributed by atoms with E-state index in [1.54, 1.807) is 12.0 Å². The number of amides is 5. The number of Topliss-reactive ketones (excluding diaryl/α,β-unsaturated/α-hetero) is 1. The van der Waals surface area contributed by atoms with Gasteiger partial charge in [-0.1, -0.05) is 73.6 Å². The van der Waals surface area contributed by atoms with Gasteiger partial charge in [0.25, 0.3) is 5.91 Å². The van der Waals surface area contributed by atoms with Crippen molar-refractivity contribution >= 4 is 35.3 Å². The molecule has 2 spiro atoms. The van der Waals surface area contributed by atoms with Gasteiger partial charge in [0.15, 0.2) is 0 Å². The van der Waals surface area contributed by atoms with Crippen molar-refractivity contribution in [2.45, 2.75) is 168 Å². The molecular weight excluding hydrogens is 725 g/mol. The smallest absolute Gasteiger partial charge is 0.289 e. The highest BCUT2D eigenvalue weighted by Gasteiger charge is 2.85. The molecule has 6 rings (SSSR count). The van der Waals surface area contributed by atoms with Gasteiger partial charge in [-0.25, -0.2) is 0 Å². The first kappa shape index (κ1) is 43.5. The molecule has 5 amide bonds. The largest absolute Gasteiger partial charge is 0.383 e. The molecule has 0 unspecified atom stereocenters. The number of fused-ring (bicyclic) bond motifs is 1. The number of rotatable bonds is 16. The zero-order valence-electron chi connectivity index (χ0n) is 35.9. The number of carbonyl (C=O) groups excluding carboxylic acids is 6. The van der Waals surface area contributed by atoms with Gasteiger partial charge < -0.3 is 35.8 Å². The number of methoxy groups -OCH3 is 1. The normalized spacial score (nSPS) is 28.5. The van der Waals surface area contributed by atoms with Crippen LogP contribution in [0.25, 0.3) is 0 Å². The van der Waals surface area contributed by atoms with Gasteiger partial charge >= 0.3 is 0 Å². The second-order valence-corrected chi connectivity index (χ2v) is 20.1. The molecule has 0 bridgehead atoms. The predicted molar refractivity (Wildman–Crippen MR) is 217 cm³/mol. The van der Waals surface area contributed by atoms with E-state index in [0.717, 1.165) is 90.1 Å². The molecule has 0 aromatic heterocycles. The first-order valence-corrected chi connectivity index (χ1v) is 22.3. The van der Waals surface area contributed by atoms with Crippen molar-refractivity contribution in [2.75, 3.05) is 39.9 Å². The van der Waals surface area contributed by atoms with Crippen molar-refractivity contribution in [3.63, 3.8) is 0 Å². The highest BCUT2D eigenvalue weighted by Crippen LogP contribution is 2.88. The summed E-state index contributed by atoms with van der Waals surface area (Å²) in [5, 5.41) is 12.1. The van der Waals surface area contributed by atoms with Crippen LogP contribution in [-0.2, 0) is 33.5 Å². The summed E-state index contributed by atoms with van der Waals surface area (Å²) in [7, 11) is 1.68. The SMILES string of the molecule is CCC[C@H](NC(=O)[C@@H]1C[C@@]2(CN1C(=O)[C@@H](NC(=O)[C@@H](NC(=O)[C@@H]1CCCN(CCOC)C1)C1CCCCC1)C(C)(C)C)C(C)(C)C21CCC1)C(=O)C(=O)NC1CC1. The lowest BCUT2D eigenvalue weighted by atomic mass is 9.73. The standard InChI is InChI=1S/C44H72N6O7/c1-8-14-31(34(51)39(55)45-30-18-19-30)46-37(53)32-25-44(42(5,6)43(44)20-13-21-43)27-50(32)40(56)35(41(2,3)4)48-38(54)33(28-15-10-9-11-16-28)47-36(52)29-17-12-22-49(26-29)23-24-57-7/h28-33,35H,8-27H2,1-7H3,(H,45,55)(H,46,53)(H,47,52)(H,48,54)/t29-,31+,32+,33+,35-,44-/m1/s1. The van der Waals surface area contributed by atoms with E-state index in [4.69, 9.17) is 4.74 Å². The number of nitrogens with one attached hydrogen (secondary N) is 4. The first-order valence-electron chi connectivity index (χ1n) is 22.3. The maximum absolute atomic E-state index is 15.2. The van der Waals surface area contributed by atoms with Crippen LogP contribution >= 0.6 is 0 Å². The molecule has 0 aromatic carbocycles. The van der Waals surface area contributed by atoms with Crippen LogP contribution in [0.3, 0.4) is 0 Å². The number of carbonyl (C=O) groups is 6. The Morgan fingerprint density at radius 1 is 0.842 bits per heavy atom. The number of hydrogen-bond acceptors (Lipinski definition) is 8. The van der Waals surface area contributed by atoms with Crippen LogP contribution in [0.1, 0.15) is 138 Å². The van der Waals surface area contributed by atoms with Crippen molar-refractivity contribution in [2.24, 2.45) is 33.5 Å². The maximum Gasteiger partial charge on any atom is 0.289 e. The summed E-state index contributed by atoms with van der Waals surface area (Å²) in [5.74, 6) is -2.85. The van der Waals surface area contributed by atoms with Gasteiger partial charge in [0.1, 0.15) is 18.1 Å². The number of piperidine rings is 1. The fourth-order valence-electron chi connectivity index (χ4n) is 11.4. The monoisotopic (exact) mass is 797 g/mol. The molecule has 2 aliphatic heterocycles. The van der Waals surface area contributed by atoms with Crippen molar-refractivity contribution in [1.29, 1.82) is 0 Å². The van der Waals surface area contributed by atoms with Crippen LogP contribution in [0.4, 0.5) is 0 Å². The third-order valence-electron chi connectivity index (χ3n) is 15.3. The summed E-state index contributed by atoms with van der Waals surface area (Å²) in [6, 6.07) is -3.60. The van der Waals surface area contributed by atoms with Crippen LogP contribution in [0, 0.1) is 33.5 Å². The Balaban J connectivity index is 1.23. The predicted octanol–water partition coefficient (Wildman–Crippen LogP) is 3.87. The number of hydrogen-bond donors (Lipinski definition) is 4. The molecule has 2 saturated heterocycles. The summed E-state index contributed by atoms with van der Waals surface area (Å²) in [5.41, 5.74) is -1.06. The minimum Gasteiger partial charge on any atom is -0.383 e. The Hall–Kier alpha value is -3.06. The Labute approximate surface area is 340 Å². The van der Waals surface area contributed by atoms with Crippen LogP contribution in [0.15, 0.2) is 0 Å². The second kappa shape index (κ2) is 17.3. The minimum atomic E-state index is -0.992. The molecule has 2 heterocycles. The van der Waals surface area contributed by atoms with Crippen molar-refractivity contribution in [3.05, 3.63) is 0 Å². The van der Waals surface area contributed by atoms with Crippen LogP contribution in [0.5, 0.6) is 0 Å².